The van der Waals surface area contributed by atoms with Gasteiger partial charge in [0, 0.05) is 40.6 Å². The molecule has 0 amide bonds. The molecule has 3 atom stereocenters. The Morgan fingerprint density at radius 1 is 1.28 bits per heavy atom. The smallest absolute Gasteiger partial charge is 0.0498 e. The molecule has 1 aromatic carbocycles. The lowest BCUT2D eigenvalue weighted by Crippen LogP contribution is -2.29. The number of nitrogens with one attached hydrogen (secondary N) is 1. The van der Waals surface area contributed by atoms with E-state index in [0.29, 0.717) is 6.04 Å². The van der Waals surface area contributed by atoms with Gasteiger partial charge in [-0.05, 0) is 44.4 Å². The number of aliphatic hydroxyl groups is 1. The first kappa shape index (κ1) is 15.3. The molecule has 0 aromatic heterocycles. The summed E-state index contributed by atoms with van der Waals surface area (Å²) in [6, 6.07) is 8.52. The average Bonchev–Trinajstić information content (AvgIpc) is 2.36. The van der Waals surface area contributed by atoms with Gasteiger partial charge < -0.3 is 10.4 Å². The minimum absolute atomic E-state index is 0.247. The van der Waals surface area contributed by atoms with Crippen molar-refractivity contribution < 1.29 is 9.32 Å². The zero-order chi connectivity index (χ0) is 13.5. The van der Waals surface area contributed by atoms with Crippen LogP contribution in [0.1, 0.15) is 38.3 Å². The topological polar surface area (TPSA) is 49.3 Å². The molecule has 0 aliphatic heterocycles. The minimum Gasteiger partial charge on any atom is -0.396 e. The Bertz CT molecular complexity index is 378. The third-order valence-corrected chi connectivity index (χ3v) is 3.98. The Morgan fingerprint density at radius 3 is 2.39 bits per heavy atom. The molecule has 0 saturated carbocycles. The molecule has 3 nitrogen and oxygen atoms in total. The van der Waals surface area contributed by atoms with Crippen molar-refractivity contribution in [3.63, 3.8) is 0 Å². The van der Waals surface area contributed by atoms with E-state index in [-0.39, 0.29) is 12.6 Å². The quantitative estimate of drug-likeness (QED) is 0.798. The van der Waals surface area contributed by atoms with Gasteiger partial charge in [-0.2, -0.15) is 0 Å². The fraction of sp³-hybridized carbons (Fsp3) is 0.571. The Labute approximate surface area is 112 Å². The van der Waals surface area contributed by atoms with E-state index in [1.807, 2.05) is 24.3 Å². The van der Waals surface area contributed by atoms with Crippen LogP contribution in [0.15, 0.2) is 29.2 Å². The van der Waals surface area contributed by atoms with Gasteiger partial charge in [-0.15, -0.1) is 0 Å². The average molecular weight is 269 g/mol. The fourth-order valence-electron chi connectivity index (χ4n) is 1.95. The lowest BCUT2D eigenvalue weighted by molar-refractivity contribution is 0.274. The lowest BCUT2D eigenvalue weighted by atomic mass is 10.1. The van der Waals surface area contributed by atoms with Gasteiger partial charge in [-0.3, -0.25) is 4.21 Å². The molecular formula is C14H23NO2S. The zero-order valence-electron chi connectivity index (χ0n) is 11.3. The van der Waals surface area contributed by atoms with Crippen molar-refractivity contribution in [1.29, 1.82) is 0 Å². The second-order valence-electron chi connectivity index (χ2n) is 4.68. The standard InChI is InChI=1S/C14H23NO2S/c1-11(5-4-10-16)15-12(2)13-6-8-14(9-7-13)18(3)17/h6-9,11-12,15-16H,4-5,10H2,1-3H3. The summed E-state index contributed by atoms with van der Waals surface area (Å²) in [7, 11) is -0.914. The third-order valence-electron chi connectivity index (χ3n) is 3.04. The molecule has 0 aliphatic carbocycles. The highest BCUT2D eigenvalue weighted by Gasteiger charge is 2.09. The van der Waals surface area contributed by atoms with Crippen LogP contribution >= 0.6 is 0 Å². The van der Waals surface area contributed by atoms with E-state index < -0.39 is 10.8 Å². The van der Waals surface area contributed by atoms with Gasteiger partial charge in [0.25, 0.3) is 0 Å². The highest BCUT2D eigenvalue weighted by Crippen LogP contribution is 2.16. The van der Waals surface area contributed by atoms with Gasteiger partial charge in [-0.1, -0.05) is 12.1 Å². The highest BCUT2D eigenvalue weighted by atomic mass is 32.2. The number of aliphatic hydroxyl groups excluding tert-OH is 1. The van der Waals surface area contributed by atoms with Crippen molar-refractivity contribution in [3.05, 3.63) is 29.8 Å². The number of rotatable bonds is 7. The summed E-state index contributed by atoms with van der Waals surface area (Å²) in [6.07, 6.45) is 3.49. The molecule has 4 heteroatoms. The molecule has 2 N–H and O–H groups in total. The number of benzene rings is 1. The molecule has 0 heterocycles. The van der Waals surface area contributed by atoms with E-state index >= 15 is 0 Å². The molecule has 0 bridgehead atoms. The SMILES string of the molecule is CC(CCCO)NC(C)c1ccc(S(C)=O)cc1. The van der Waals surface area contributed by atoms with E-state index in [1.54, 1.807) is 6.26 Å². The Kier molecular flexibility index (Phi) is 6.54. The summed E-state index contributed by atoms with van der Waals surface area (Å²) in [6.45, 7) is 4.49. The van der Waals surface area contributed by atoms with E-state index in [9.17, 15) is 4.21 Å². The van der Waals surface area contributed by atoms with Gasteiger partial charge in [0.15, 0.2) is 0 Å². The first-order valence-corrected chi connectivity index (χ1v) is 7.90. The molecule has 3 unspecified atom stereocenters. The van der Waals surface area contributed by atoms with E-state index in [2.05, 4.69) is 19.2 Å². The monoisotopic (exact) mass is 269 g/mol. The lowest BCUT2D eigenvalue weighted by Gasteiger charge is -2.20. The van der Waals surface area contributed by atoms with Crippen LogP contribution in [0, 0.1) is 0 Å². The van der Waals surface area contributed by atoms with Crippen molar-refractivity contribution in [1.82, 2.24) is 5.32 Å². The van der Waals surface area contributed by atoms with Crippen LogP contribution < -0.4 is 5.32 Å². The van der Waals surface area contributed by atoms with Gasteiger partial charge in [-0.25, -0.2) is 0 Å². The van der Waals surface area contributed by atoms with Crippen LogP contribution in [0.2, 0.25) is 0 Å². The third kappa shape index (κ3) is 4.88. The van der Waals surface area contributed by atoms with Crippen molar-refractivity contribution in [2.45, 2.75) is 43.7 Å². The maximum atomic E-state index is 11.3. The van der Waals surface area contributed by atoms with Crippen LogP contribution in [0.4, 0.5) is 0 Å². The summed E-state index contributed by atoms with van der Waals surface area (Å²) in [4.78, 5) is 0.860. The van der Waals surface area contributed by atoms with Crippen LogP contribution in [0.25, 0.3) is 0 Å². The van der Waals surface area contributed by atoms with Crippen molar-refractivity contribution in [2.75, 3.05) is 12.9 Å². The zero-order valence-corrected chi connectivity index (χ0v) is 12.2. The molecule has 0 saturated heterocycles. The second-order valence-corrected chi connectivity index (χ2v) is 6.06. The maximum Gasteiger partial charge on any atom is 0.0498 e. The van der Waals surface area contributed by atoms with Crippen LogP contribution in [-0.2, 0) is 10.8 Å². The molecular weight excluding hydrogens is 246 g/mol. The number of hydrogen-bond donors (Lipinski definition) is 2. The Morgan fingerprint density at radius 2 is 1.89 bits per heavy atom. The van der Waals surface area contributed by atoms with Gasteiger partial charge >= 0.3 is 0 Å². The largest absolute Gasteiger partial charge is 0.396 e. The van der Waals surface area contributed by atoms with E-state index in [1.165, 1.54) is 5.56 Å². The van der Waals surface area contributed by atoms with E-state index in [4.69, 9.17) is 5.11 Å². The van der Waals surface area contributed by atoms with Crippen molar-refractivity contribution in [3.8, 4) is 0 Å². The molecule has 0 radical (unpaired) electrons. The van der Waals surface area contributed by atoms with Crippen molar-refractivity contribution >= 4 is 10.8 Å². The van der Waals surface area contributed by atoms with Crippen LogP contribution in [0.5, 0.6) is 0 Å². The molecule has 18 heavy (non-hydrogen) atoms. The summed E-state index contributed by atoms with van der Waals surface area (Å²) in [5.41, 5.74) is 1.19. The summed E-state index contributed by atoms with van der Waals surface area (Å²) in [5, 5.41) is 12.3. The first-order valence-electron chi connectivity index (χ1n) is 6.35. The summed E-state index contributed by atoms with van der Waals surface area (Å²) < 4.78 is 11.3. The van der Waals surface area contributed by atoms with Crippen LogP contribution in [-0.4, -0.2) is 28.2 Å². The van der Waals surface area contributed by atoms with Gasteiger partial charge in [0.2, 0.25) is 0 Å². The predicted octanol–water partition coefficient (Wildman–Crippen LogP) is 2.24. The maximum absolute atomic E-state index is 11.3. The minimum atomic E-state index is -0.914. The Balaban J connectivity index is 2.55. The predicted molar refractivity (Wildman–Crippen MR) is 76.1 cm³/mol. The second kappa shape index (κ2) is 7.67. The molecule has 1 aromatic rings. The fourth-order valence-corrected chi connectivity index (χ4v) is 2.47. The van der Waals surface area contributed by atoms with Gasteiger partial charge in [0.1, 0.15) is 0 Å². The normalized spacial score (nSPS) is 16.2. The highest BCUT2D eigenvalue weighted by molar-refractivity contribution is 7.84. The summed E-state index contributed by atoms with van der Waals surface area (Å²) in [5.74, 6) is 0. The molecule has 102 valence electrons. The number of hydrogen-bond acceptors (Lipinski definition) is 3. The first-order chi connectivity index (χ1) is 8.54. The molecule has 0 fully saturated rings. The van der Waals surface area contributed by atoms with E-state index in [0.717, 1.165) is 17.7 Å². The van der Waals surface area contributed by atoms with Gasteiger partial charge in [0.05, 0.1) is 0 Å². The molecule has 0 spiro atoms. The molecule has 1 rings (SSSR count). The van der Waals surface area contributed by atoms with Crippen molar-refractivity contribution in [2.24, 2.45) is 0 Å². The van der Waals surface area contributed by atoms with Crippen LogP contribution in [0.3, 0.4) is 0 Å². The summed E-state index contributed by atoms with van der Waals surface area (Å²) >= 11 is 0. The Hall–Kier alpha value is -0.710. The molecule has 0 aliphatic rings.